The molecule has 1 aromatic heterocycles. The molecule has 110 valence electrons. The average molecular weight is 302 g/mol. The van der Waals surface area contributed by atoms with E-state index in [0.29, 0.717) is 18.7 Å². The summed E-state index contributed by atoms with van der Waals surface area (Å²) in [6, 6.07) is 11.2. The van der Waals surface area contributed by atoms with Crippen LogP contribution in [-0.2, 0) is 6.54 Å². The number of ether oxygens (including phenoxy) is 1. The van der Waals surface area contributed by atoms with Crippen LogP contribution < -0.4 is 16.0 Å². The minimum absolute atomic E-state index is 0.122. The fraction of sp³-hybridized carbons (Fsp3) is 0.250. The van der Waals surface area contributed by atoms with Gasteiger partial charge in [0, 0.05) is 12.1 Å². The highest BCUT2D eigenvalue weighted by Gasteiger charge is 2.11. The number of aromatic nitrogens is 1. The SMILES string of the molecule is CCOc1cccc(-c2ccc(C(N)=S)c(=O)n2CC)c1. The second-order valence-corrected chi connectivity index (χ2v) is 4.95. The number of hydrogen-bond acceptors (Lipinski definition) is 3. The maximum Gasteiger partial charge on any atom is 0.261 e. The third kappa shape index (κ3) is 3.13. The lowest BCUT2D eigenvalue weighted by Crippen LogP contribution is -2.29. The third-order valence-electron chi connectivity index (χ3n) is 3.20. The van der Waals surface area contributed by atoms with Crippen LogP contribution in [0, 0.1) is 0 Å². The summed E-state index contributed by atoms with van der Waals surface area (Å²) in [6.45, 7) is 5.00. The predicted octanol–water partition coefficient (Wildman–Crippen LogP) is 2.57. The minimum Gasteiger partial charge on any atom is -0.494 e. The number of hydrogen-bond donors (Lipinski definition) is 1. The molecule has 0 saturated carbocycles. The number of thiocarbonyl (C=S) groups is 1. The van der Waals surface area contributed by atoms with E-state index in [1.54, 1.807) is 10.6 Å². The zero-order valence-corrected chi connectivity index (χ0v) is 12.9. The van der Waals surface area contributed by atoms with Gasteiger partial charge in [-0.2, -0.15) is 0 Å². The Balaban J connectivity index is 2.59. The molecule has 2 aromatic rings. The van der Waals surface area contributed by atoms with Gasteiger partial charge in [-0.1, -0.05) is 24.4 Å². The van der Waals surface area contributed by atoms with E-state index in [2.05, 4.69) is 0 Å². The van der Waals surface area contributed by atoms with Crippen molar-refractivity contribution in [2.24, 2.45) is 5.73 Å². The topological polar surface area (TPSA) is 57.2 Å². The van der Waals surface area contributed by atoms with Gasteiger partial charge in [0.25, 0.3) is 5.56 Å². The molecule has 0 fully saturated rings. The van der Waals surface area contributed by atoms with Gasteiger partial charge in [0.05, 0.1) is 17.9 Å². The zero-order valence-electron chi connectivity index (χ0n) is 12.1. The third-order valence-corrected chi connectivity index (χ3v) is 3.42. The van der Waals surface area contributed by atoms with Crippen LogP contribution in [0.4, 0.5) is 0 Å². The van der Waals surface area contributed by atoms with Crippen LogP contribution in [0.3, 0.4) is 0 Å². The number of rotatable bonds is 5. The highest BCUT2D eigenvalue weighted by molar-refractivity contribution is 7.80. The van der Waals surface area contributed by atoms with E-state index < -0.39 is 0 Å². The van der Waals surface area contributed by atoms with Crippen molar-refractivity contribution in [3.05, 3.63) is 52.3 Å². The monoisotopic (exact) mass is 302 g/mol. The number of nitrogens with zero attached hydrogens (tertiary/aromatic N) is 1. The Hall–Kier alpha value is -2.14. The van der Waals surface area contributed by atoms with E-state index in [9.17, 15) is 4.79 Å². The van der Waals surface area contributed by atoms with Gasteiger partial charge in [-0.25, -0.2) is 0 Å². The lowest BCUT2D eigenvalue weighted by Gasteiger charge is -2.13. The van der Waals surface area contributed by atoms with Gasteiger partial charge in [-0.05, 0) is 38.1 Å². The van der Waals surface area contributed by atoms with Crippen molar-refractivity contribution in [2.75, 3.05) is 6.61 Å². The summed E-state index contributed by atoms with van der Waals surface area (Å²) in [5, 5.41) is 0. The second-order valence-electron chi connectivity index (χ2n) is 4.51. The second kappa shape index (κ2) is 6.54. The molecule has 0 bridgehead atoms. The Morgan fingerprint density at radius 3 is 2.67 bits per heavy atom. The summed E-state index contributed by atoms with van der Waals surface area (Å²) in [5.74, 6) is 0.781. The molecule has 0 aliphatic carbocycles. The molecule has 21 heavy (non-hydrogen) atoms. The fourth-order valence-corrected chi connectivity index (χ4v) is 2.40. The number of nitrogens with two attached hydrogens (primary N) is 1. The predicted molar refractivity (Wildman–Crippen MR) is 88.9 cm³/mol. The minimum atomic E-state index is -0.163. The quantitative estimate of drug-likeness (QED) is 0.863. The molecule has 5 heteroatoms. The Bertz CT molecular complexity index is 722. The molecule has 0 radical (unpaired) electrons. The van der Waals surface area contributed by atoms with Crippen molar-refractivity contribution >= 4 is 17.2 Å². The summed E-state index contributed by atoms with van der Waals surface area (Å²) >= 11 is 4.92. The molecule has 0 saturated heterocycles. The standard InChI is InChI=1S/C16H18N2O2S/c1-3-18-14(9-8-13(15(17)21)16(18)19)11-6-5-7-12(10-11)20-4-2/h5-10H,3-4H2,1-2H3,(H2,17,21). The van der Waals surface area contributed by atoms with Gasteiger partial charge >= 0.3 is 0 Å². The normalized spacial score (nSPS) is 10.4. The van der Waals surface area contributed by atoms with Gasteiger partial charge in [0.2, 0.25) is 0 Å². The summed E-state index contributed by atoms with van der Waals surface area (Å²) < 4.78 is 7.17. The molecule has 1 heterocycles. The lowest BCUT2D eigenvalue weighted by atomic mass is 10.1. The van der Waals surface area contributed by atoms with E-state index in [-0.39, 0.29) is 10.5 Å². The first-order valence-corrected chi connectivity index (χ1v) is 7.26. The van der Waals surface area contributed by atoms with Crippen LogP contribution in [0.25, 0.3) is 11.3 Å². The van der Waals surface area contributed by atoms with E-state index in [1.165, 1.54) is 0 Å². The van der Waals surface area contributed by atoms with Crippen LogP contribution in [0.1, 0.15) is 19.4 Å². The van der Waals surface area contributed by atoms with Gasteiger partial charge in [0.15, 0.2) is 0 Å². The highest BCUT2D eigenvalue weighted by atomic mass is 32.1. The number of pyridine rings is 1. The van der Waals surface area contributed by atoms with Gasteiger partial charge in [-0.15, -0.1) is 0 Å². The number of benzene rings is 1. The largest absolute Gasteiger partial charge is 0.494 e. The Morgan fingerprint density at radius 1 is 1.29 bits per heavy atom. The first-order chi connectivity index (χ1) is 10.1. The Labute approximate surface area is 129 Å². The molecule has 2 rings (SSSR count). The van der Waals surface area contributed by atoms with E-state index >= 15 is 0 Å². The van der Waals surface area contributed by atoms with Crippen molar-refractivity contribution < 1.29 is 4.74 Å². The molecule has 0 atom stereocenters. The van der Waals surface area contributed by atoms with Crippen LogP contribution in [-0.4, -0.2) is 16.2 Å². The van der Waals surface area contributed by atoms with E-state index in [1.807, 2.05) is 44.2 Å². The smallest absolute Gasteiger partial charge is 0.261 e. The van der Waals surface area contributed by atoms with Crippen LogP contribution >= 0.6 is 12.2 Å². The Morgan fingerprint density at radius 2 is 2.05 bits per heavy atom. The van der Waals surface area contributed by atoms with Gasteiger partial charge in [0.1, 0.15) is 10.7 Å². The zero-order chi connectivity index (χ0) is 15.4. The maximum absolute atomic E-state index is 12.4. The van der Waals surface area contributed by atoms with Crippen molar-refractivity contribution in [1.29, 1.82) is 0 Å². The molecule has 0 amide bonds. The molecule has 0 aliphatic rings. The Kier molecular flexibility index (Phi) is 4.75. The van der Waals surface area contributed by atoms with Crippen LogP contribution in [0.5, 0.6) is 5.75 Å². The molecule has 1 aromatic carbocycles. The average Bonchev–Trinajstić information content (AvgIpc) is 2.47. The maximum atomic E-state index is 12.4. The summed E-state index contributed by atoms with van der Waals surface area (Å²) in [5.41, 5.74) is 7.55. The van der Waals surface area contributed by atoms with E-state index in [4.69, 9.17) is 22.7 Å². The van der Waals surface area contributed by atoms with Crippen LogP contribution in [0.15, 0.2) is 41.2 Å². The molecule has 0 aliphatic heterocycles. The highest BCUT2D eigenvalue weighted by Crippen LogP contribution is 2.23. The molecule has 4 nitrogen and oxygen atoms in total. The molecular weight excluding hydrogens is 284 g/mol. The van der Waals surface area contributed by atoms with Gasteiger partial charge < -0.3 is 15.0 Å². The van der Waals surface area contributed by atoms with Crippen molar-refractivity contribution in [3.8, 4) is 17.0 Å². The lowest BCUT2D eigenvalue weighted by molar-refractivity contribution is 0.340. The van der Waals surface area contributed by atoms with Crippen LogP contribution in [0.2, 0.25) is 0 Å². The van der Waals surface area contributed by atoms with E-state index in [0.717, 1.165) is 17.0 Å². The van der Waals surface area contributed by atoms with Crippen molar-refractivity contribution in [2.45, 2.75) is 20.4 Å². The molecule has 0 spiro atoms. The molecule has 2 N–H and O–H groups in total. The summed E-state index contributed by atoms with van der Waals surface area (Å²) in [6.07, 6.45) is 0. The first kappa shape index (κ1) is 15.3. The van der Waals surface area contributed by atoms with Gasteiger partial charge in [-0.3, -0.25) is 4.79 Å². The van der Waals surface area contributed by atoms with Crippen molar-refractivity contribution in [1.82, 2.24) is 4.57 Å². The fourth-order valence-electron chi connectivity index (χ4n) is 2.24. The summed E-state index contributed by atoms with van der Waals surface area (Å²) in [7, 11) is 0. The first-order valence-electron chi connectivity index (χ1n) is 6.85. The van der Waals surface area contributed by atoms with Crippen molar-refractivity contribution in [3.63, 3.8) is 0 Å². The molecule has 0 unspecified atom stereocenters. The summed E-state index contributed by atoms with van der Waals surface area (Å²) in [4.78, 5) is 12.5. The molecular formula is C16H18N2O2S.